The van der Waals surface area contributed by atoms with Crippen molar-refractivity contribution in [1.29, 1.82) is 0 Å². The molecule has 2 N–H and O–H groups in total. The summed E-state index contributed by atoms with van der Waals surface area (Å²) in [7, 11) is 0. The maximum Gasteiger partial charge on any atom is 0.339 e. The lowest BCUT2D eigenvalue weighted by Crippen LogP contribution is -2.21. The topological polar surface area (TPSA) is 84.3 Å². The summed E-state index contributed by atoms with van der Waals surface area (Å²) in [6.07, 6.45) is 3.18. The Hall–Kier alpha value is -2.47. The second-order valence-corrected chi connectivity index (χ2v) is 4.03. The van der Waals surface area contributed by atoms with Crippen molar-refractivity contribution in [2.45, 2.75) is 6.54 Å². The van der Waals surface area contributed by atoms with Gasteiger partial charge in [-0.25, -0.2) is 14.8 Å². The molecule has 0 aliphatic heterocycles. The Kier molecular flexibility index (Phi) is 5.02. The van der Waals surface area contributed by atoms with Gasteiger partial charge in [-0.3, -0.25) is 0 Å². The number of hydrogen-bond acceptors (Lipinski definition) is 5. The van der Waals surface area contributed by atoms with E-state index in [2.05, 4.69) is 15.3 Å². The van der Waals surface area contributed by atoms with Gasteiger partial charge in [-0.15, -0.1) is 0 Å². The number of nitrogens with one attached hydrogen (secondary N) is 1. The fourth-order valence-electron chi connectivity index (χ4n) is 1.64. The largest absolute Gasteiger partial charge is 0.491 e. The molecule has 1 aromatic carbocycles. The summed E-state index contributed by atoms with van der Waals surface area (Å²) < 4.78 is 5.46. The van der Waals surface area contributed by atoms with E-state index in [0.29, 0.717) is 25.4 Å². The highest BCUT2D eigenvalue weighted by atomic mass is 16.5. The molecule has 0 saturated heterocycles. The third-order valence-corrected chi connectivity index (χ3v) is 2.60. The zero-order chi connectivity index (χ0) is 14.2. The van der Waals surface area contributed by atoms with E-state index >= 15 is 0 Å². The van der Waals surface area contributed by atoms with Crippen molar-refractivity contribution >= 4 is 5.97 Å². The van der Waals surface area contributed by atoms with Crippen molar-refractivity contribution < 1.29 is 14.6 Å². The zero-order valence-corrected chi connectivity index (χ0v) is 10.8. The number of aromatic carboxylic acids is 1. The van der Waals surface area contributed by atoms with Gasteiger partial charge in [0, 0.05) is 19.3 Å². The molecular weight excluding hydrogens is 258 g/mol. The Morgan fingerprint density at radius 3 is 2.90 bits per heavy atom. The molecule has 0 bridgehead atoms. The molecule has 1 aromatic heterocycles. The van der Waals surface area contributed by atoms with Gasteiger partial charge in [-0.2, -0.15) is 0 Å². The lowest BCUT2D eigenvalue weighted by Gasteiger charge is -2.09. The minimum Gasteiger partial charge on any atom is -0.491 e. The summed E-state index contributed by atoms with van der Waals surface area (Å²) in [6, 6.07) is 8.41. The molecule has 104 valence electrons. The van der Waals surface area contributed by atoms with Crippen molar-refractivity contribution in [3.05, 3.63) is 54.1 Å². The van der Waals surface area contributed by atoms with Gasteiger partial charge in [0.15, 0.2) is 0 Å². The van der Waals surface area contributed by atoms with Gasteiger partial charge < -0.3 is 15.2 Å². The van der Waals surface area contributed by atoms with Crippen LogP contribution in [0.15, 0.2) is 42.9 Å². The molecule has 0 aliphatic carbocycles. The van der Waals surface area contributed by atoms with Crippen LogP contribution in [-0.4, -0.2) is 34.2 Å². The maximum absolute atomic E-state index is 11.0. The normalized spacial score (nSPS) is 10.2. The van der Waals surface area contributed by atoms with Gasteiger partial charge in [0.1, 0.15) is 24.2 Å². The minimum absolute atomic E-state index is 0.170. The third kappa shape index (κ3) is 4.03. The summed E-state index contributed by atoms with van der Waals surface area (Å²) in [5, 5.41) is 12.2. The second kappa shape index (κ2) is 7.20. The quantitative estimate of drug-likeness (QED) is 0.741. The van der Waals surface area contributed by atoms with Crippen molar-refractivity contribution in [3.63, 3.8) is 0 Å². The van der Waals surface area contributed by atoms with Gasteiger partial charge in [0.05, 0.1) is 5.69 Å². The molecule has 0 radical (unpaired) electrons. The standard InChI is InChI=1S/C14H15N3O3/c18-14(19)12-3-1-2-4-13(12)20-8-7-15-9-11-5-6-16-10-17-11/h1-6,10,15H,7-9H2,(H,18,19). The molecule has 0 fully saturated rings. The van der Waals surface area contributed by atoms with Crippen LogP contribution in [0.3, 0.4) is 0 Å². The minimum atomic E-state index is -0.991. The van der Waals surface area contributed by atoms with E-state index in [1.165, 1.54) is 12.4 Å². The predicted molar refractivity (Wildman–Crippen MR) is 72.6 cm³/mol. The first-order chi connectivity index (χ1) is 9.77. The molecule has 6 heteroatoms. The van der Waals surface area contributed by atoms with Gasteiger partial charge >= 0.3 is 5.97 Å². The lowest BCUT2D eigenvalue weighted by molar-refractivity contribution is 0.0692. The molecule has 0 amide bonds. The van der Waals surface area contributed by atoms with Gasteiger partial charge in [-0.1, -0.05) is 12.1 Å². The number of hydrogen-bond donors (Lipinski definition) is 2. The van der Waals surface area contributed by atoms with E-state index in [1.807, 2.05) is 6.07 Å². The summed E-state index contributed by atoms with van der Waals surface area (Å²) in [5.74, 6) is -0.613. The van der Waals surface area contributed by atoms with Crippen LogP contribution < -0.4 is 10.1 Å². The molecule has 6 nitrogen and oxygen atoms in total. The number of carbonyl (C=O) groups is 1. The third-order valence-electron chi connectivity index (χ3n) is 2.60. The van der Waals surface area contributed by atoms with Crippen molar-refractivity contribution in [3.8, 4) is 5.75 Å². The Morgan fingerprint density at radius 2 is 2.15 bits per heavy atom. The van der Waals surface area contributed by atoms with E-state index in [9.17, 15) is 4.79 Å². The number of carboxylic acid groups (broad SMARTS) is 1. The molecule has 0 atom stereocenters. The Labute approximate surface area is 116 Å². The average molecular weight is 273 g/mol. The molecular formula is C14H15N3O3. The van der Waals surface area contributed by atoms with Gasteiger partial charge in [-0.05, 0) is 18.2 Å². The Bertz CT molecular complexity index is 561. The molecule has 0 unspecified atom stereocenters. The lowest BCUT2D eigenvalue weighted by atomic mass is 10.2. The average Bonchev–Trinajstić information content (AvgIpc) is 2.48. The molecule has 0 spiro atoms. The van der Waals surface area contributed by atoms with Crippen molar-refractivity contribution in [1.82, 2.24) is 15.3 Å². The fourth-order valence-corrected chi connectivity index (χ4v) is 1.64. The summed E-state index contributed by atoms with van der Waals surface area (Å²) >= 11 is 0. The number of carboxylic acids is 1. The van der Waals surface area contributed by atoms with Crippen LogP contribution in [0.5, 0.6) is 5.75 Å². The summed E-state index contributed by atoms with van der Waals surface area (Å²) in [6.45, 7) is 1.60. The first kappa shape index (κ1) is 14.0. The molecule has 2 aromatic rings. The van der Waals surface area contributed by atoms with E-state index in [-0.39, 0.29) is 5.56 Å². The maximum atomic E-state index is 11.0. The molecule has 20 heavy (non-hydrogen) atoms. The fraction of sp³-hybridized carbons (Fsp3) is 0.214. The van der Waals surface area contributed by atoms with Crippen LogP contribution >= 0.6 is 0 Å². The van der Waals surface area contributed by atoms with Gasteiger partial charge in [0.2, 0.25) is 0 Å². The highest BCUT2D eigenvalue weighted by molar-refractivity contribution is 5.90. The number of nitrogens with zero attached hydrogens (tertiary/aromatic N) is 2. The number of aromatic nitrogens is 2. The van der Waals surface area contributed by atoms with Crippen LogP contribution in [0, 0.1) is 0 Å². The highest BCUT2D eigenvalue weighted by Gasteiger charge is 2.09. The summed E-state index contributed by atoms with van der Waals surface area (Å²) in [5.41, 5.74) is 1.06. The predicted octanol–water partition coefficient (Wildman–Crippen LogP) is 1.34. The van der Waals surface area contributed by atoms with Crippen LogP contribution in [-0.2, 0) is 6.54 Å². The van der Waals surface area contributed by atoms with Crippen molar-refractivity contribution in [2.24, 2.45) is 0 Å². The molecule has 1 heterocycles. The molecule has 0 aliphatic rings. The zero-order valence-electron chi connectivity index (χ0n) is 10.8. The van der Waals surface area contributed by atoms with E-state index in [0.717, 1.165) is 5.69 Å². The first-order valence-electron chi connectivity index (χ1n) is 6.18. The van der Waals surface area contributed by atoms with E-state index in [4.69, 9.17) is 9.84 Å². The number of ether oxygens (including phenoxy) is 1. The highest BCUT2D eigenvalue weighted by Crippen LogP contribution is 2.17. The Balaban J connectivity index is 1.75. The Morgan fingerprint density at radius 1 is 1.30 bits per heavy atom. The number of para-hydroxylation sites is 1. The molecule has 2 rings (SSSR count). The SMILES string of the molecule is O=C(O)c1ccccc1OCCNCc1ccncn1. The van der Waals surface area contributed by atoms with E-state index < -0.39 is 5.97 Å². The summed E-state index contributed by atoms with van der Waals surface area (Å²) in [4.78, 5) is 18.9. The number of benzene rings is 1. The molecule has 0 saturated carbocycles. The first-order valence-corrected chi connectivity index (χ1v) is 6.18. The van der Waals surface area contributed by atoms with Crippen LogP contribution in [0.4, 0.5) is 0 Å². The van der Waals surface area contributed by atoms with Crippen LogP contribution in [0.2, 0.25) is 0 Å². The second-order valence-electron chi connectivity index (χ2n) is 4.03. The van der Waals surface area contributed by atoms with Gasteiger partial charge in [0.25, 0.3) is 0 Å². The number of rotatable bonds is 7. The van der Waals surface area contributed by atoms with E-state index in [1.54, 1.807) is 24.4 Å². The van der Waals surface area contributed by atoms with Crippen molar-refractivity contribution in [2.75, 3.05) is 13.2 Å². The van der Waals surface area contributed by atoms with Crippen LogP contribution in [0.1, 0.15) is 16.1 Å². The monoisotopic (exact) mass is 273 g/mol. The van der Waals surface area contributed by atoms with Crippen LogP contribution in [0.25, 0.3) is 0 Å². The smallest absolute Gasteiger partial charge is 0.339 e.